The Hall–Kier alpha value is -2.65. The molecule has 10 heteroatoms. The first kappa shape index (κ1) is 33.4. The average molecular weight is 513 g/mol. The minimum absolute atomic E-state index is 0.147. The Morgan fingerprint density at radius 2 is 1.22 bits per heavy atom. The molecule has 0 aromatic rings. The molecular weight excluding hydrogens is 464 g/mol. The lowest BCUT2D eigenvalue weighted by molar-refractivity contribution is -0.142. The first-order chi connectivity index (χ1) is 17.2. The molecule has 0 saturated heterocycles. The number of rotatable bonds is 23. The topological polar surface area (TPSA) is 168 Å². The Kier molecular flexibility index (Phi) is 20.0. The van der Waals surface area contributed by atoms with Gasteiger partial charge in [0.1, 0.15) is 12.1 Å². The molecule has 36 heavy (non-hydrogen) atoms. The Labute approximate surface area is 215 Å². The van der Waals surface area contributed by atoms with E-state index in [2.05, 4.69) is 22.9 Å². The van der Waals surface area contributed by atoms with Gasteiger partial charge in [-0.05, 0) is 19.8 Å². The third-order valence-corrected chi connectivity index (χ3v) is 6.02. The Bertz CT molecular complexity index is 671. The quantitative estimate of drug-likeness (QED) is 0.132. The largest absolute Gasteiger partial charge is 0.480 e. The highest BCUT2D eigenvalue weighted by atomic mass is 16.4. The van der Waals surface area contributed by atoms with Gasteiger partial charge in [0.15, 0.2) is 0 Å². The van der Waals surface area contributed by atoms with Crippen molar-refractivity contribution >= 4 is 29.6 Å². The molecule has 2 atom stereocenters. The third kappa shape index (κ3) is 19.6. The molecule has 0 aliphatic heterocycles. The van der Waals surface area contributed by atoms with E-state index in [1.165, 1.54) is 71.1 Å². The predicted molar refractivity (Wildman–Crippen MR) is 139 cm³/mol. The number of carbonyl (C=O) groups is 5. The Morgan fingerprint density at radius 1 is 0.722 bits per heavy atom. The lowest BCUT2D eigenvalue weighted by Crippen LogP contribution is -2.52. The van der Waals surface area contributed by atoms with Crippen molar-refractivity contribution in [3.8, 4) is 0 Å². The summed E-state index contributed by atoms with van der Waals surface area (Å²) in [6, 6.07) is -2.30. The van der Waals surface area contributed by atoms with Gasteiger partial charge in [0, 0.05) is 12.8 Å². The van der Waals surface area contributed by atoms with Gasteiger partial charge in [-0.25, -0.2) is 4.79 Å². The predicted octanol–water partition coefficient (Wildman–Crippen LogP) is 2.92. The lowest BCUT2D eigenvalue weighted by Gasteiger charge is -2.18. The smallest absolute Gasteiger partial charge is 0.326 e. The van der Waals surface area contributed by atoms with E-state index in [0.29, 0.717) is 6.42 Å². The van der Waals surface area contributed by atoms with E-state index in [4.69, 9.17) is 10.8 Å². The SMILES string of the molecule is CCCCCCCCCCCCCCCC(=O)NCC(=O)N[C@@H](C)C(=O)N[C@@H](CCC(N)=O)C(=O)O. The molecule has 4 amide bonds. The monoisotopic (exact) mass is 512 g/mol. The van der Waals surface area contributed by atoms with Crippen molar-refractivity contribution in [3.63, 3.8) is 0 Å². The average Bonchev–Trinajstić information content (AvgIpc) is 2.82. The maximum Gasteiger partial charge on any atom is 0.326 e. The number of carboxylic acid groups (broad SMARTS) is 1. The minimum Gasteiger partial charge on any atom is -0.480 e. The molecule has 0 aliphatic rings. The highest BCUT2D eigenvalue weighted by Gasteiger charge is 2.24. The standard InChI is InChI=1S/C26H48N4O6/c1-3-4-5-6-7-8-9-10-11-12-13-14-15-16-23(32)28-19-24(33)29-20(2)25(34)30-21(26(35)36)17-18-22(27)31/h20-21H,3-19H2,1-2H3,(H2,27,31)(H,28,32)(H,29,33)(H,30,34)(H,35,36)/t20-,21-/m0/s1. The summed E-state index contributed by atoms with van der Waals surface area (Å²) in [7, 11) is 0. The first-order valence-corrected chi connectivity index (χ1v) is 13.5. The fraction of sp³-hybridized carbons (Fsp3) is 0.808. The van der Waals surface area contributed by atoms with Gasteiger partial charge in [0.05, 0.1) is 6.54 Å². The van der Waals surface area contributed by atoms with E-state index in [0.717, 1.165) is 19.3 Å². The van der Waals surface area contributed by atoms with Gasteiger partial charge in [-0.1, -0.05) is 84.0 Å². The van der Waals surface area contributed by atoms with Crippen molar-refractivity contribution in [2.75, 3.05) is 6.54 Å². The van der Waals surface area contributed by atoms with Crippen molar-refractivity contribution in [2.24, 2.45) is 5.73 Å². The zero-order valence-electron chi connectivity index (χ0n) is 22.2. The number of nitrogens with one attached hydrogen (secondary N) is 3. The second-order valence-corrected chi connectivity index (χ2v) is 9.46. The Balaban J connectivity index is 3.84. The van der Waals surface area contributed by atoms with E-state index in [9.17, 15) is 24.0 Å². The Morgan fingerprint density at radius 3 is 1.69 bits per heavy atom. The van der Waals surface area contributed by atoms with E-state index >= 15 is 0 Å². The van der Waals surface area contributed by atoms with E-state index < -0.39 is 35.8 Å². The highest BCUT2D eigenvalue weighted by Crippen LogP contribution is 2.12. The van der Waals surface area contributed by atoms with E-state index in [-0.39, 0.29) is 25.3 Å². The van der Waals surface area contributed by atoms with Crippen LogP contribution in [0.2, 0.25) is 0 Å². The van der Waals surface area contributed by atoms with Crippen molar-refractivity contribution in [2.45, 2.75) is 129 Å². The number of nitrogens with two attached hydrogens (primary N) is 1. The fourth-order valence-corrected chi connectivity index (χ4v) is 3.77. The summed E-state index contributed by atoms with van der Waals surface area (Å²) in [6.07, 6.45) is 15.9. The second-order valence-electron chi connectivity index (χ2n) is 9.46. The van der Waals surface area contributed by atoms with Gasteiger partial charge in [0.25, 0.3) is 0 Å². The van der Waals surface area contributed by atoms with Crippen LogP contribution < -0.4 is 21.7 Å². The van der Waals surface area contributed by atoms with Crippen LogP contribution in [0.4, 0.5) is 0 Å². The summed E-state index contributed by atoms with van der Waals surface area (Å²) in [5.41, 5.74) is 5.01. The molecular formula is C26H48N4O6. The van der Waals surface area contributed by atoms with Gasteiger partial charge < -0.3 is 26.8 Å². The van der Waals surface area contributed by atoms with Crippen molar-refractivity contribution < 1.29 is 29.1 Å². The van der Waals surface area contributed by atoms with E-state index in [1.54, 1.807) is 0 Å². The molecule has 0 unspecified atom stereocenters. The molecule has 0 heterocycles. The molecule has 0 radical (unpaired) electrons. The summed E-state index contributed by atoms with van der Waals surface area (Å²) in [5, 5.41) is 16.3. The van der Waals surface area contributed by atoms with Gasteiger partial charge in [-0.2, -0.15) is 0 Å². The van der Waals surface area contributed by atoms with Crippen molar-refractivity contribution in [1.29, 1.82) is 0 Å². The van der Waals surface area contributed by atoms with Crippen LogP contribution in [0.3, 0.4) is 0 Å². The van der Waals surface area contributed by atoms with Crippen molar-refractivity contribution in [1.82, 2.24) is 16.0 Å². The number of carboxylic acids is 1. The molecule has 0 aliphatic carbocycles. The number of unbranched alkanes of at least 4 members (excludes halogenated alkanes) is 12. The van der Waals surface area contributed by atoms with Crippen LogP contribution in [0.1, 0.15) is 117 Å². The summed E-state index contributed by atoms with van der Waals surface area (Å²) in [6.45, 7) is 3.37. The summed E-state index contributed by atoms with van der Waals surface area (Å²) >= 11 is 0. The van der Waals surface area contributed by atoms with Crippen LogP contribution >= 0.6 is 0 Å². The number of aliphatic carboxylic acids is 1. The lowest BCUT2D eigenvalue weighted by atomic mass is 10.0. The fourth-order valence-electron chi connectivity index (χ4n) is 3.77. The second kappa shape index (κ2) is 21.6. The van der Waals surface area contributed by atoms with Gasteiger partial charge in [0.2, 0.25) is 23.6 Å². The number of amides is 4. The first-order valence-electron chi connectivity index (χ1n) is 13.5. The minimum atomic E-state index is -1.30. The molecule has 10 nitrogen and oxygen atoms in total. The van der Waals surface area contributed by atoms with Crippen LogP contribution in [-0.2, 0) is 24.0 Å². The molecule has 0 spiro atoms. The molecule has 208 valence electrons. The summed E-state index contributed by atoms with van der Waals surface area (Å²) in [4.78, 5) is 58.1. The molecule has 6 N–H and O–H groups in total. The molecule has 0 fully saturated rings. The van der Waals surface area contributed by atoms with E-state index in [1.807, 2.05) is 0 Å². The number of hydrogen-bond donors (Lipinski definition) is 5. The van der Waals surface area contributed by atoms with Crippen LogP contribution in [0.5, 0.6) is 0 Å². The summed E-state index contributed by atoms with van der Waals surface area (Å²) in [5.74, 6) is -3.46. The van der Waals surface area contributed by atoms with Gasteiger partial charge >= 0.3 is 5.97 Å². The zero-order valence-corrected chi connectivity index (χ0v) is 22.2. The molecule has 0 aromatic carbocycles. The van der Waals surface area contributed by atoms with Crippen molar-refractivity contribution in [3.05, 3.63) is 0 Å². The maximum atomic E-state index is 12.1. The highest BCUT2D eigenvalue weighted by molar-refractivity contribution is 5.91. The number of hydrogen-bond acceptors (Lipinski definition) is 5. The van der Waals surface area contributed by atoms with Crippen LogP contribution in [0, 0.1) is 0 Å². The molecule has 0 rings (SSSR count). The molecule has 0 aromatic heterocycles. The van der Waals surface area contributed by atoms with Crippen LogP contribution in [0.25, 0.3) is 0 Å². The van der Waals surface area contributed by atoms with Crippen LogP contribution in [-0.4, -0.2) is 53.3 Å². The third-order valence-electron chi connectivity index (χ3n) is 6.02. The van der Waals surface area contributed by atoms with Crippen LogP contribution in [0.15, 0.2) is 0 Å². The molecule has 0 saturated carbocycles. The maximum absolute atomic E-state index is 12.1. The number of primary amides is 1. The molecule has 0 bridgehead atoms. The van der Waals surface area contributed by atoms with Gasteiger partial charge in [-0.15, -0.1) is 0 Å². The zero-order chi connectivity index (χ0) is 27.2. The normalized spacial score (nSPS) is 12.4. The summed E-state index contributed by atoms with van der Waals surface area (Å²) < 4.78 is 0. The number of carbonyl (C=O) groups excluding carboxylic acids is 4. The van der Waals surface area contributed by atoms with Gasteiger partial charge in [-0.3, -0.25) is 19.2 Å².